The van der Waals surface area contributed by atoms with E-state index in [-0.39, 0.29) is 0 Å². The zero-order valence-electron chi connectivity index (χ0n) is 11.8. The molecule has 0 aliphatic carbocycles. The van der Waals surface area contributed by atoms with Gasteiger partial charge in [0, 0.05) is 4.88 Å². The van der Waals surface area contributed by atoms with Gasteiger partial charge in [0.25, 0.3) is 0 Å². The molecule has 0 radical (unpaired) electrons. The monoisotopic (exact) mass is 238 g/mol. The molecule has 1 heteroatoms. The molecule has 0 fully saturated rings. The van der Waals surface area contributed by atoms with Gasteiger partial charge in [-0.1, -0.05) is 45.9 Å². The standard InChI is InChI=1S/C11H14S.2C2H6/c1-4-6-10-7-8-12-11(10)9(3)5-2;2*1-2/h4-8H,1-3H3;2*1-2H3/b6-4-,9-5-;;. The lowest BCUT2D eigenvalue weighted by Crippen LogP contribution is -1.75. The molecule has 0 unspecified atom stereocenters. The predicted molar refractivity (Wildman–Crippen MR) is 81.0 cm³/mol. The Morgan fingerprint density at radius 3 is 2.12 bits per heavy atom. The van der Waals surface area contributed by atoms with Crippen molar-refractivity contribution in [3.63, 3.8) is 0 Å². The molecule has 16 heavy (non-hydrogen) atoms. The molecule has 0 aliphatic heterocycles. The Hall–Kier alpha value is -0.820. The van der Waals surface area contributed by atoms with E-state index in [0.29, 0.717) is 0 Å². The van der Waals surface area contributed by atoms with Crippen molar-refractivity contribution >= 4 is 23.0 Å². The minimum absolute atomic E-state index is 1.33. The minimum atomic E-state index is 1.33. The molecule has 1 heterocycles. The summed E-state index contributed by atoms with van der Waals surface area (Å²) in [7, 11) is 0. The summed E-state index contributed by atoms with van der Waals surface area (Å²) >= 11 is 1.80. The van der Waals surface area contributed by atoms with Crippen molar-refractivity contribution in [2.75, 3.05) is 0 Å². The molecular weight excluding hydrogens is 212 g/mol. The second-order valence-corrected chi connectivity index (χ2v) is 3.59. The molecule has 0 aromatic carbocycles. The molecule has 0 aliphatic rings. The topological polar surface area (TPSA) is 0 Å². The molecule has 92 valence electrons. The third kappa shape index (κ3) is 5.92. The SMILES string of the molecule is C/C=C\c1ccsc1/C(C)=C\C.CC.CC. The lowest BCUT2D eigenvalue weighted by molar-refractivity contribution is 1.50. The third-order valence-electron chi connectivity index (χ3n) is 1.83. The van der Waals surface area contributed by atoms with Gasteiger partial charge in [-0.2, -0.15) is 0 Å². The van der Waals surface area contributed by atoms with E-state index in [1.165, 1.54) is 16.0 Å². The van der Waals surface area contributed by atoms with E-state index < -0.39 is 0 Å². The largest absolute Gasteiger partial charge is 0.144 e. The molecular formula is C15H26S. The molecule has 1 aromatic rings. The number of hydrogen-bond acceptors (Lipinski definition) is 1. The normalized spacial score (nSPS) is 10.3. The first-order chi connectivity index (χ1) is 7.79. The van der Waals surface area contributed by atoms with Crippen molar-refractivity contribution in [2.24, 2.45) is 0 Å². The van der Waals surface area contributed by atoms with E-state index in [0.717, 1.165) is 0 Å². The van der Waals surface area contributed by atoms with Gasteiger partial charge in [0.05, 0.1) is 0 Å². The van der Waals surface area contributed by atoms with Crippen LogP contribution in [0.5, 0.6) is 0 Å². The van der Waals surface area contributed by atoms with Crippen LogP contribution in [0.1, 0.15) is 58.9 Å². The molecule has 0 nitrogen and oxygen atoms in total. The highest BCUT2D eigenvalue weighted by Crippen LogP contribution is 2.25. The van der Waals surface area contributed by atoms with Crippen LogP contribution in [0.25, 0.3) is 11.6 Å². The van der Waals surface area contributed by atoms with Gasteiger partial charge < -0.3 is 0 Å². The van der Waals surface area contributed by atoms with Crippen molar-refractivity contribution < 1.29 is 0 Å². The van der Waals surface area contributed by atoms with Crippen molar-refractivity contribution in [1.82, 2.24) is 0 Å². The Labute approximate surface area is 106 Å². The Bertz CT molecular complexity index is 303. The zero-order valence-corrected chi connectivity index (χ0v) is 12.6. The summed E-state index contributed by atoms with van der Waals surface area (Å²) in [5.74, 6) is 0. The predicted octanol–water partition coefficient (Wildman–Crippen LogP) is 6.26. The number of allylic oxidation sites excluding steroid dienone is 3. The van der Waals surface area contributed by atoms with Gasteiger partial charge in [0.1, 0.15) is 0 Å². The summed E-state index contributed by atoms with van der Waals surface area (Å²) in [5.41, 5.74) is 2.69. The van der Waals surface area contributed by atoms with Gasteiger partial charge in [-0.05, 0) is 43.4 Å². The van der Waals surface area contributed by atoms with Gasteiger partial charge in [-0.3, -0.25) is 0 Å². The quantitative estimate of drug-likeness (QED) is 0.570. The highest BCUT2D eigenvalue weighted by atomic mass is 32.1. The maximum atomic E-state index is 2.16. The molecule has 1 aromatic heterocycles. The number of hydrogen-bond donors (Lipinski definition) is 0. The second kappa shape index (κ2) is 12.3. The average Bonchev–Trinajstić information content (AvgIpc) is 2.82. The van der Waals surface area contributed by atoms with Gasteiger partial charge in [0.15, 0.2) is 0 Å². The van der Waals surface area contributed by atoms with Crippen LogP contribution in [0.4, 0.5) is 0 Å². The average molecular weight is 238 g/mol. The fourth-order valence-electron chi connectivity index (χ4n) is 1.08. The van der Waals surface area contributed by atoms with Gasteiger partial charge >= 0.3 is 0 Å². The van der Waals surface area contributed by atoms with Crippen LogP contribution >= 0.6 is 11.3 Å². The van der Waals surface area contributed by atoms with Crippen LogP contribution in [0.2, 0.25) is 0 Å². The maximum absolute atomic E-state index is 2.16. The Kier molecular flexibility index (Phi) is 13.5. The summed E-state index contributed by atoms with van der Waals surface area (Å²) in [6, 6.07) is 2.16. The van der Waals surface area contributed by atoms with E-state index >= 15 is 0 Å². The summed E-state index contributed by atoms with van der Waals surface area (Å²) in [5, 5.41) is 2.14. The minimum Gasteiger partial charge on any atom is -0.144 e. The summed E-state index contributed by atoms with van der Waals surface area (Å²) in [6.45, 7) is 14.3. The van der Waals surface area contributed by atoms with Crippen LogP contribution in [0.15, 0.2) is 23.6 Å². The van der Waals surface area contributed by atoms with E-state index in [1.807, 2.05) is 34.6 Å². The van der Waals surface area contributed by atoms with Crippen molar-refractivity contribution in [3.05, 3.63) is 34.0 Å². The Morgan fingerprint density at radius 1 is 1.12 bits per heavy atom. The van der Waals surface area contributed by atoms with E-state index in [1.54, 1.807) is 11.3 Å². The Balaban J connectivity index is 0. The van der Waals surface area contributed by atoms with Crippen molar-refractivity contribution in [3.8, 4) is 0 Å². The lowest BCUT2D eigenvalue weighted by Gasteiger charge is -1.97. The number of thiophene rings is 1. The molecule has 0 atom stereocenters. The molecule has 0 saturated heterocycles. The van der Waals surface area contributed by atoms with Crippen LogP contribution in [0.3, 0.4) is 0 Å². The van der Waals surface area contributed by atoms with Crippen LogP contribution in [-0.4, -0.2) is 0 Å². The Morgan fingerprint density at radius 2 is 1.69 bits per heavy atom. The van der Waals surface area contributed by atoms with Gasteiger partial charge in [-0.25, -0.2) is 0 Å². The molecule has 0 amide bonds. The maximum Gasteiger partial charge on any atom is 0.0368 e. The summed E-state index contributed by atoms with van der Waals surface area (Å²) in [6.07, 6.45) is 6.38. The van der Waals surface area contributed by atoms with Crippen LogP contribution < -0.4 is 0 Å². The van der Waals surface area contributed by atoms with E-state index in [2.05, 4.69) is 43.5 Å². The first-order valence-electron chi connectivity index (χ1n) is 6.13. The third-order valence-corrected chi connectivity index (χ3v) is 2.90. The fraction of sp³-hybridized carbons (Fsp3) is 0.467. The molecule has 1 rings (SSSR count). The first-order valence-corrected chi connectivity index (χ1v) is 7.01. The molecule has 0 saturated carbocycles. The van der Waals surface area contributed by atoms with Gasteiger partial charge in [0.2, 0.25) is 0 Å². The van der Waals surface area contributed by atoms with E-state index in [4.69, 9.17) is 0 Å². The van der Waals surface area contributed by atoms with Gasteiger partial charge in [-0.15, -0.1) is 11.3 Å². The smallest absolute Gasteiger partial charge is 0.0368 e. The number of rotatable bonds is 2. The molecule has 0 spiro atoms. The van der Waals surface area contributed by atoms with Crippen molar-refractivity contribution in [2.45, 2.75) is 48.5 Å². The molecule has 0 bridgehead atoms. The summed E-state index contributed by atoms with van der Waals surface area (Å²) < 4.78 is 0. The zero-order chi connectivity index (χ0) is 13.0. The fourth-order valence-corrected chi connectivity index (χ4v) is 2.01. The summed E-state index contributed by atoms with van der Waals surface area (Å²) in [4.78, 5) is 1.38. The van der Waals surface area contributed by atoms with Crippen LogP contribution in [-0.2, 0) is 0 Å². The van der Waals surface area contributed by atoms with Crippen molar-refractivity contribution in [1.29, 1.82) is 0 Å². The first kappa shape index (κ1) is 17.6. The highest BCUT2D eigenvalue weighted by molar-refractivity contribution is 7.11. The second-order valence-electron chi connectivity index (χ2n) is 2.68. The lowest BCUT2D eigenvalue weighted by atomic mass is 10.1. The molecule has 0 N–H and O–H groups in total. The highest BCUT2D eigenvalue weighted by Gasteiger charge is 2.01. The van der Waals surface area contributed by atoms with Crippen LogP contribution in [0, 0.1) is 0 Å². The van der Waals surface area contributed by atoms with E-state index in [9.17, 15) is 0 Å².